The molecule has 4 rings (SSSR count). The van der Waals surface area contributed by atoms with E-state index in [9.17, 15) is 9.59 Å². The molecule has 0 spiro atoms. The Balaban J connectivity index is 1.75. The maximum Gasteiger partial charge on any atom is 0.251 e. The maximum absolute atomic E-state index is 12.8. The lowest BCUT2D eigenvalue weighted by Gasteiger charge is -2.45. The molecule has 3 unspecified atom stereocenters. The van der Waals surface area contributed by atoms with Crippen LogP contribution < -0.4 is 15.5 Å². The van der Waals surface area contributed by atoms with Gasteiger partial charge in [0, 0.05) is 42.0 Å². The van der Waals surface area contributed by atoms with Crippen molar-refractivity contribution in [3.8, 4) is 0 Å². The number of nitrogens with one attached hydrogen (secondary N) is 2. The number of ether oxygens (including phenoxy) is 1. The fourth-order valence-electron chi connectivity index (χ4n) is 4.50. The number of nitrogens with zero attached hydrogens (tertiary/aromatic N) is 3. The second-order valence-corrected chi connectivity index (χ2v) is 8.35. The number of carbonyl (C=O) groups is 2. The van der Waals surface area contributed by atoms with E-state index in [4.69, 9.17) is 4.74 Å². The van der Waals surface area contributed by atoms with Crippen molar-refractivity contribution in [1.29, 1.82) is 0 Å². The van der Waals surface area contributed by atoms with Crippen molar-refractivity contribution in [2.75, 3.05) is 23.4 Å². The normalized spacial score (nSPS) is 23.0. The highest BCUT2D eigenvalue weighted by Crippen LogP contribution is 2.43. The monoisotopic (exact) mass is 423 g/mol. The van der Waals surface area contributed by atoms with E-state index < -0.39 is 0 Å². The van der Waals surface area contributed by atoms with Gasteiger partial charge in [-0.2, -0.15) is 0 Å². The SMILES string of the molecule is CCC1C(C)C(Nc2nccc(C)n2)c2cc(C(=O)NC3COC3)ccc2N1C(C)=O. The molecule has 8 nitrogen and oxygen atoms in total. The molecule has 8 heteroatoms. The van der Waals surface area contributed by atoms with E-state index in [0.29, 0.717) is 24.7 Å². The third-order valence-corrected chi connectivity index (χ3v) is 6.16. The minimum Gasteiger partial charge on any atom is -0.377 e. The Morgan fingerprint density at radius 2 is 2.03 bits per heavy atom. The van der Waals surface area contributed by atoms with Crippen molar-refractivity contribution < 1.29 is 14.3 Å². The Bertz CT molecular complexity index is 991. The van der Waals surface area contributed by atoms with Gasteiger partial charge in [0.05, 0.1) is 25.3 Å². The molecule has 2 N–H and O–H groups in total. The molecule has 1 aromatic carbocycles. The van der Waals surface area contributed by atoms with Gasteiger partial charge in [-0.25, -0.2) is 9.97 Å². The topological polar surface area (TPSA) is 96.4 Å². The average molecular weight is 424 g/mol. The van der Waals surface area contributed by atoms with Crippen LogP contribution in [0.15, 0.2) is 30.5 Å². The van der Waals surface area contributed by atoms with E-state index in [1.165, 1.54) is 0 Å². The minimum absolute atomic E-state index is 0.00553. The van der Waals surface area contributed by atoms with Gasteiger partial charge in [-0.15, -0.1) is 0 Å². The van der Waals surface area contributed by atoms with Gasteiger partial charge in [0.1, 0.15) is 0 Å². The number of hydrogen-bond donors (Lipinski definition) is 2. The number of anilines is 2. The third kappa shape index (κ3) is 4.12. The summed E-state index contributed by atoms with van der Waals surface area (Å²) in [5.74, 6) is 0.481. The standard InChI is InChI=1S/C23H29N5O3/c1-5-19-14(3)21(27-23-24-9-8-13(2)25-23)18-10-16(22(30)26-17-11-31-12-17)6-7-20(18)28(19)15(4)29/h6-10,14,17,19,21H,5,11-12H2,1-4H3,(H,26,30)(H,24,25,27). The molecule has 2 amide bonds. The van der Waals surface area contributed by atoms with Crippen LogP contribution in [-0.4, -0.2) is 47.1 Å². The molecule has 1 fully saturated rings. The van der Waals surface area contributed by atoms with Crippen LogP contribution in [0.4, 0.5) is 11.6 Å². The number of aromatic nitrogens is 2. The molecular weight excluding hydrogens is 394 g/mol. The zero-order valence-corrected chi connectivity index (χ0v) is 18.4. The molecule has 1 aromatic heterocycles. The molecule has 2 aliphatic rings. The van der Waals surface area contributed by atoms with Crippen molar-refractivity contribution in [2.24, 2.45) is 5.92 Å². The molecule has 0 aliphatic carbocycles. The van der Waals surface area contributed by atoms with Crippen molar-refractivity contribution in [3.63, 3.8) is 0 Å². The van der Waals surface area contributed by atoms with Crippen LogP contribution in [0.2, 0.25) is 0 Å². The molecule has 2 aromatic rings. The Morgan fingerprint density at radius 1 is 1.26 bits per heavy atom. The molecule has 164 valence electrons. The van der Waals surface area contributed by atoms with Crippen LogP contribution >= 0.6 is 0 Å². The van der Waals surface area contributed by atoms with Gasteiger partial charge in [0.25, 0.3) is 5.91 Å². The van der Waals surface area contributed by atoms with Gasteiger partial charge < -0.3 is 20.3 Å². The highest BCUT2D eigenvalue weighted by atomic mass is 16.5. The van der Waals surface area contributed by atoms with Gasteiger partial charge in [-0.1, -0.05) is 13.8 Å². The van der Waals surface area contributed by atoms with Gasteiger partial charge in [-0.05, 0) is 43.2 Å². The Kier molecular flexibility index (Phi) is 5.91. The summed E-state index contributed by atoms with van der Waals surface area (Å²) < 4.78 is 5.15. The van der Waals surface area contributed by atoms with Crippen LogP contribution in [0.25, 0.3) is 0 Å². The Morgan fingerprint density at radius 3 is 2.65 bits per heavy atom. The van der Waals surface area contributed by atoms with Gasteiger partial charge in [0.15, 0.2) is 0 Å². The van der Waals surface area contributed by atoms with Crippen LogP contribution in [-0.2, 0) is 9.53 Å². The zero-order valence-electron chi connectivity index (χ0n) is 18.4. The number of carbonyl (C=O) groups excluding carboxylic acids is 2. The first kappa shape index (κ1) is 21.2. The lowest BCUT2D eigenvalue weighted by molar-refractivity contribution is -0.117. The summed E-state index contributed by atoms with van der Waals surface area (Å²) in [6.07, 6.45) is 2.54. The van der Waals surface area contributed by atoms with Crippen molar-refractivity contribution in [3.05, 3.63) is 47.3 Å². The molecule has 1 saturated heterocycles. The van der Waals surface area contributed by atoms with E-state index in [1.54, 1.807) is 19.2 Å². The Hall–Kier alpha value is -3.00. The second kappa shape index (κ2) is 8.63. The summed E-state index contributed by atoms with van der Waals surface area (Å²) in [5.41, 5.74) is 3.16. The van der Waals surface area contributed by atoms with Gasteiger partial charge >= 0.3 is 0 Å². The van der Waals surface area contributed by atoms with Crippen molar-refractivity contribution >= 4 is 23.5 Å². The summed E-state index contributed by atoms with van der Waals surface area (Å²) in [6, 6.07) is 7.33. The summed E-state index contributed by atoms with van der Waals surface area (Å²) >= 11 is 0. The highest BCUT2D eigenvalue weighted by molar-refractivity contribution is 5.98. The first-order valence-electron chi connectivity index (χ1n) is 10.8. The highest BCUT2D eigenvalue weighted by Gasteiger charge is 2.40. The minimum atomic E-state index is -0.142. The van der Waals surface area contributed by atoms with Gasteiger partial charge in [0.2, 0.25) is 11.9 Å². The number of fused-ring (bicyclic) bond motifs is 1. The van der Waals surface area contributed by atoms with E-state index in [1.807, 2.05) is 30.0 Å². The number of aryl methyl sites for hydroxylation is 1. The third-order valence-electron chi connectivity index (χ3n) is 6.16. The number of benzene rings is 1. The molecule has 31 heavy (non-hydrogen) atoms. The zero-order chi connectivity index (χ0) is 22.1. The number of amides is 2. The summed E-state index contributed by atoms with van der Waals surface area (Å²) in [5, 5.41) is 6.46. The van der Waals surface area contributed by atoms with Crippen molar-refractivity contribution in [1.82, 2.24) is 15.3 Å². The van der Waals surface area contributed by atoms with Crippen LogP contribution in [0.1, 0.15) is 54.8 Å². The van der Waals surface area contributed by atoms with E-state index in [2.05, 4.69) is 34.4 Å². The smallest absolute Gasteiger partial charge is 0.251 e. The van der Waals surface area contributed by atoms with Crippen LogP contribution in [0.3, 0.4) is 0 Å². The maximum atomic E-state index is 12.8. The molecule has 0 saturated carbocycles. The summed E-state index contributed by atoms with van der Waals surface area (Å²) in [7, 11) is 0. The number of rotatable bonds is 5. The average Bonchev–Trinajstić information content (AvgIpc) is 2.71. The van der Waals surface area contributed by atoms with Gasteiger partial charge in [-0.3, -0.25) is 9.59 Å². The Labute approximate surface area is 182 Å². The fraction of sp³-hybridized carbons (Fsp3) is 0.478. The van der Waals surface area contributed by atoms with Crippen LogP contribution in [0.5, 0.6) is 0 Å². The number of hydrogen-bond acceptors (Lipinski definition) is 6. The lowest BCUT2D eigenvalue weighted by atomic mass is 9.80. The largest absolute Gasteiger partial charge is 0.377 e. The fourth-order valence-corrected chi connectivity index (χ4v) is 4.50. The predicted octanol–water partition coefficient (Wildman–Crippen LogP) is 2.85. The second-order valence-electron chi connectivity index (χ2n) is 8.35. The van der Waals surface area contributed by atoms with Crippen LogP contribution in [0, 0.1) is 12.8 Å². The molecule has 3 heterocycles. The molecule has 3 atom stereocenters. The molecule has 0 radical (unpaired) electrons. The van der Waals surface area contributed by atoms with E-state index in [-0.39, 0.29) is 35.9 Å². The van der Waals surface area contributed by atoms with Crippen molar-refractivity contribution in [2.45, 2.75) is 52.2 Å². The first-order valence-corrected chi connectivity index (χ1v) is 10.8. The molecular formula is C23H29N5O3. The summed E-state index contributed by atoms with van der Waals surface area (Å²) in [6.45, 7) is 8.80. The van der Waals surface area contributed by atoms with E-state index >= 15 is 0 Å². The molecule has 0 bridgehead atoms. The molecule has 2 aliphatic heterocycles. The predicted molar refractivity (Wildman–Crippen MR) is 118 cm³/mol. The first-order chi connectivity index (χ1) is 14.9. The van der Waals surface area contributed by atoms with E-state index in [0.717, 1.165) is 23.4 Å². The lowest BCUT2D eigenvalue weighted by Crippen LogP contribution is -2.50. The quantitative estimate of drug-likeness (QED) is 0.768. The summed E-state index contributed by atoms with van der Waals surface area (Å²) in [4.78, 5) is 36.1.